The Labute approximate surface area is 227 Å². The zero-order valence-electron chi connectivity index (χ0n) is 21.1. The van der Waals surface area contributed by atoms with Gasteiger partial charge >= 0.3 is 0 Å². The number of nitro groups is 1. The van der Waals surface area contributed by atoms with Crippen molar-refractivity contribution in [3.63, 3.8) is 0 Å². The summed E-state index contributed by atoms with van der Waals surface area (Å²) in [5, 5.41) is 14.6. The molecule has 1 aliphatic heterocycles. The summed E-state index contributed by atoms with van der Waals surface area (Å²) >= 11 is 1.18. The van der Waals surface area contributed by atoms with Crippen LogP contribution in [0.15, 0.2) is 60.7 Å². The van der Waals surface area contributed by atoms with E-state index in [-0.39, 0.29) is 28.5 Å². The Hall–Kier alpha value is -4.78. The van der Waals surface area contributed by atoms with Gasteiger partial charge in [0.2, 0.25) is 5.75 Å². The van der Waals surface area contributed by atoms with Crippen LogP contribution in [-0.4, -0.2) is 54.7 Å². The number of rotatable bonds is 9. The highest BCUT2D eigenvalue weighted by molar-refractivity contribution is 8.00. The molecule has 0 spiro atoms. The van der Waals surface area contributed by atoms with Gasteiger partial charge in [-0.25, -0.2) is 5.01 Å². The quantitative estimate of drug-likeness (QED) is 0.299. The minimum atomic E-state index is -0.750. The van der Waals surface area contributed by atoms with Gasteiger partial charge < -0.3 is 19.5 Å². The van der Waals surface area contributed by atoms with Crippen molar-refractivity contribution in [1.29, 1.82) is 0 Å². The van der Waals surface area contributed by atoms with Crippen LogP contribution in [0.2, 0.25) is 0 Å². The Morgan fingerprint density at radius 3 is 2.18 bits per heavy atom. The van der Waals surface area contributed by atoms with E-state index in [1.165, 1.54) is 81.6 Å². The smallest absolute Gasteiger partial charge is 0.275 e. The Balaban J connectivity index is 1.47. The van der Waals surface area contributed by atoms with E-state index in [1.807, 2.05) is 0 Å². The number of ether oxygens (including phenoxy) is 3. The molecule has 1 heterocycles. The minimum absolute atomic E-state index is 0.0584. The van der Waals surface area contributed by atoms with Crippen molar-refractivity contribution in [3.05, 3.63) is 87.5 Å². The molecule has 3 aromatic carbocycles. The van der Waals surface area contributed by atoms with Gasteiger partial charge in [0, 0.05) is 22.9 Å². The highest BCUT2D eigenvalue weighted by atomic mass is 32.2. The summed E-state index contributed by atoms with van der Waals surface area (Å²) in [6.45, 7) is 0. The molecule has 1 atom stereocenters. The number of nitrogens with zero attached hydrogens (tertiary/aromatic N) is 2. The molecule has 1 saturated heterocycles. The van der Waals surface area contributed by atoms with Gasteiger partial charge in [-0.05, 0) is 42.5 Å². The summed E-state index contributed by atoms with van der Waals surface area (Å²) in [6, 6.07) is 15.1. The molecular weight excluding hydrogens is 528 g/mol. The van der Waals surface area contributed by atoms with Crippen molar-refractivity contribution in [2.75, 3.05) is 32.4 Å². The molecule has 0 aromatic heterocycles. The summed E-state index contributed by atoms with van der Waals surface area (Å²) in [4.78, 5) is 49.2. The van der Waals surface area contributed by atoms with Crippen LogP contribution in [0.25, 0.3) is 0 Å². The van der Waals surface area contributed by atoms with Gasteiger partial charge in [-0.15, -0.1) is 11.8 Å². The number of thioether (sulfide) groups is 1. The number of hydrazine groups is 1. The summed E-state index contributed by atoms with van der Waals surface area (Å²) in [5.41, 5.74) is 3.61. The van der Waals surface area contributed by atoms with Crippen molar-refractivity contribution in [2.24, 2.45) is 0 Å². The van der Waals surface area contributed by atoms with Crippen LogP contribution in [-0.2, 0) is 4.79 Å². The number of nitrogens with one attached hydrogen (secondary N) is 2. The highest BCUT2D eigenvalue weighted by Gasteiger charge is 2.38. The van der Waals surface area contributed by atoms with E-state index in [2.05, 4.69) is 10.7 Å². The van der Waals surface area contributed by atoms with E-state index in [0.29, 0.717) is 28.5 Å². The summed E-state index contributed by atoms with van der Waals surface area (Å²) < 4.78 is 15.8. The number of carbonyl (C=O) groups excluding carboxylic acids is 3. The third-order valence-electron chi connectivity index (χ3n) is 5.82. The van der Waals surface area contributed by atoms with Crippen molar-refractivity contribution in [3.8, 4) is 17.2 Å². The molecule has 3 aromatic rings. The lowest BCUT2D eigenvalue weighted by molar-refractivity contribution is -0.385. The van der Waals surface area contributed by atoms with E-state index in [4.69, 9.17) is 14.2 Å². The number of hydrogen-bond acceptors (Lipinski definition) is 9. The number of methoxy groups -OCH3 is 3. The standard InChI is InChI=1S/C26H24N4O8S/c1-36-20-12-16(13-21(37-2)23(20)38-3)24(32)27-17-10-8-15(9-11-17)25(33)28-29-22(31)14-39-26(29)18-6-4-5-7-19(18)30(34)35/h4-13,26H,14H2,1-3H3,(H,27,32)(H,28,33). The van der Waals surface area contributed by atoms with Crippen LogP contribution in [0.3, 0.4) is 0 Å². The predicted molar refractivity (Wildman–Crippen MR) is 143 cm³/mol. The Bertz CT molecular complexity index is 1400. The van der Waals surface area contributed by atoms with Gasteiger partial charge in [0.05, 0.1) is 37.6 Å². The molecule has 12 nitrogen and oxygen atoms in total. The first-order valence-electron chi connectivity index (χ1n) is 11.5. The van der Waals surface area contributed by atoms with E-state index in [9.17, 15) is 24.5 Å². The molecule has 0 radical (unpaired) electrons. The van der Waals surface area contributed by atoms with Gasteiger partial charge in [-0.3, -0.25) is 29.9 Å². The molecule has 0 bridgehead atoms. The predicted octanol–water partition coefficient (Wildman–Crippen LogP) is 3.79. The maximum atomic E-state index is 12.9. The Morgan fingerprint density at radius 1 is 0.949 bits per heavy atom. The third-order valence-corrected chi connectivity index (χ3v) is 7.02. The number of nitro benzene ring substituents is 1. The molecule has 4 rings (SSSR count). The maximum Gasteiger partial charge on any atom is 0.275 e. The summed E-state index contributed by atoms with van der Waals surface area (Å²) in [6.07, 6.45) is 0. The number of para-hydroxylation sites is 1. The highest BCUT2D eigenvalue weighted by Crippen LogP contribution is 2.41. The first-order chi connectivity index (χ1) is 18.8. The molecule has 1 unspecified atom stereocenters. The number of carbonyl (C=O) groups is 3. The zero-order valence-corrected chi connectivity index (χ0v) is 21.9. The fourth-order valence-corrected chi connectivity index (χ4v) is 5.07. The minimum Gasteiger partial charge on any atom is -0.493 e. The van der Waals surface area contributed by atoms with E-state index >= 15 is 0 Å². The van der Waals surface area contributed by atoms with Gasteiger partial charge in [-0.1, -0.05) is 12.1 Å². The fourth-order valence-electron chi connectivity index (χ4n) is 3.93. The van der Waals surface area contributed by atoms with E-state index in [1.54, 1.807) is 12.1 Å². The fraction of sp³-hybridized carbons (Fsp3) is 0.192. The van der Waals surface area contributed by atoms with Crippen molar-refractivity contribution in [1.82, 2.24) is 10.4 Å². The first kappa shape index (κ1) is 27.3. The monoisotopic (exact) mass is 552 g/mol. The molecule has 39 heavy (non-hydrogen) atoms. The van der Waals surface area contributed by atoms with Gasteiger partial charge in [0.25, 0.3) is 23.4 Å². The summed E-state index contributed by atoms with van der Waals surface area (Å²) in [5.74, 6) is -0.360. The number of benzene rings is 3. The lowest BCUT2D eigenvalue weighted by Crippen LogP contribution is -2.44. The summed E-state index contributed by atoms with van der Waals surface area (Å²) in [7, 11) is 4.35. The van der Waals surface area contributed by atoms with Crippen LogP contribution in [0.1, 0.15) is 31.7 Å². The average molecular weight is 553 g/mol. The normalized spacial score (nSPS) is 14.5. The van der Waals surface area contributed by atoms with Crippen LogP contribution in [0.4, 0.5) is 11.4 Å². The third kappa shape index (κ3) is 5.72. The lowest BCUT2D eigenvalue weighted by Gasteiger charge is -2.24. The van der Waals surface area contributed by atoms with Gasteiger partial charge in [0.1, 0.15) is 5.37 Å². The van der Waals surface area contributed by atoms with Crippen molar-refractivity contribution >= 4 is 40.9 Å². The van der Waals surface area contributed by atoms with Crippen LogP contribution in [0.5, 0.6) is 17.2 Å². The van der Waals surface area contributed by atoms with Gasteiger partial charge in [-0.2, -0.15) is 0 Å². The van der Waals surface area contributed by atoms with Gasteiger partial charge in [0.15, 0.2) is 11.5 Å². The molecule has 2 N–H and O–H groups in total. The maximum absolute atomic E-state index is 12.9. The second kappa shape index (κ2) is 11.7. The molecular formula is C26H24N4O8S. The molecule has 0 saturated carbocycles. The number of amides is 3. The van der Waals surface area contributed by atoms with Crippen LogP contribution >= 0.6 is 11.8 Å². The second-order valence-electron chi connectivity index (χ2n) is 8.13. The molecule has 13 heteroatoms. The lowest BCUT2D eigenvalue weighted by atomic mass is 10.1. The largest absolute Gasteiger partial charge is 0.493 e. The van der Waals surface area contributed by atoms with Crippen molar-refractivity contribution in [2.45, 2.75) is 5.37 Å². The van der Waals surface area contributed by atoms with Crippen molar-refractivity contribution < 1.29 is 33.5 Å². The molecule has 202 valence electrons. The topological polar surface area (TPSA) is 149 Å². The SMILES string of the molecule is COc1cc(C(=O)Nc2ccc(C(=O)NN3C(=O)CSC3c3ccccc3[N+](=O)[O-])cc2)cc(OC)c1OC. The number of hydrogen-bond donors (Lipinski definition) is 2. The molecule has 3 amide bonds. The van der Waals surface area contributed by atoms with Crippen LogP contribution < -0.4 is 25.0 Å². The first-order valence-corrected chi connectivity index (χ1v) is 12.5. The zero-order chi connectivity index (χ0) is 28.1. The second-order valence-corrected chi connectivity index (χ2v) is 9.20. The Morgan fingerprint density at radius 2 is 1.59 bits per heavy atom. The molecule has 0 aliphatic carbocycles. The number of anilines is 1. The van der Waals surface area contributed by atoms with Crippen LogP contribution in [0, 0.1) is 10.1 Å². The Kier molecular flexibility index (Phi) is 8.20. The molecule has 1 fully saturated rings. The average Bonchev–Trinajstić information content (AvgIpc) is 3.31. The van der Waals surface area contributed by atoms with E-state index in [0.717, 1.165) is 5.01 Å². The van der Waals surface area contributed by atoms with E-state index < -0.39 is 22.1 Å². The molecule has 1 aliphatic rings.